The van der Waals surface area contributed by atoms with Crippen molar-refractivity contribution in [2.24, 2.45) is 13.0 Å². The Morgan fingerprint density at radius 1 is 1.39 bits per heavy atom. The van der Waals surface area contributed by atoms with Crippen molar-refractivity contribution < 1.29 is 4.79 Å². The molecule has 2 nitrogen and oxygen atoms in total. The van der Waals surface area contributed by atoms with E-state index in [1.807, 2.05) is 24.7 Å². The molecule has 1 heterocycles. The van der Waals surface area contributed by atoms with Crippen LogP contribution in [0.2, 0.25) is 0 Å². The van der Waals surface area contributed by atoms with Crippen molar-refractivity contribution in [1.82, 2.24) is 4.57 Å². The molecule has 0 bridgehead atoms. The SMILES string of the molecule is CCCC(C)C(=O)c1cn(C)c2cc(C)ccc12. The van der Waals surface area contributed by atoms with E-state index < -0.39 is 0 Å². The molecule has 18 heavy (non-hydrogen) atoms. The fraction of sp³-hybridized carbons (Fsp3) is 0.438. The van der Waals surface area contributed by atoms with Crippen molar-refractivity contribution in [3.8, 4) is 0 Å². The second-order valence-corrected chi connectivity index (χ2v) is 5.23. The van der Waals surface area contributed by atoms with Crippen LogP contribution < -0.4 is 0 Å². The highest BCUT2D eigenvalue weighted by molar-refractivity contribution is 6.09. The lowest BCUT2D eigenvalue weighted by atomic mass is 9.95. The van der Waals surface area contributed by atoms with Gasteiger partial charge < -0.3 is 4.57 Å². The highest BCUT2D eigenvalue weighted by Gasteiger charge is 2.19. The van der Waals surface area contributed by atoms with Crippen LogP contribution >= 0.6 is 0 Å². The Labute approximate surface area is 109 Å². The first-order valence-corrected chi connectivity index (χ1v) is 6.64. The maximum Gasteiger partial charge on any atom is 0.167 e. The second kappa shape index (κ2) is 4.97. The van der Waals surface area contributed by atoms with E-state index in [2.05, 4.69) is 32.0 Å². The maximum absolute atomic E-state index is 12.4. The quantitative estimate of drug-likeness (QED) is 0.741. The molecule has 0 aliphatic rings. The molecule has 1 unspecified atom stereocenters. The molecule has 2 heteroatoms. The van der Waals surface area contributed by atoms with E-state index in [4.69, 9.17) is 0 Å². The van der Waals surface area contributed by atoms with Crippen molar-refractivity contribution >= 4 is 16.7 Å². The van der Waals surface area contributed by atoms with Crippen LogP contribution in [0.4, 0.5) is 0 Å². The molecule has 1 aromatic heterocycles. The molecule has 2 rings (SSSR count). The van der Waals surface area contributed by atoms with Gasteiger partial charge in [-0.3, -0.25) is 4.79 Å². The Morgan fingerprint density at radius 2 is 2.11 bits per heavy atom. The van der Waals surface area contributed by atoms with Gasteiger partial charge in [-0.05, 0) is 25.0 Å². The lowest BCUT2D eigenvalue weighted by Gasteiger charge is -2.07. The summed E-state index contributed by atoms with van der Waals surface area (Å²) in [6, 6.07) is 6.27. The van der Waals surface area contributed by atoms with Crippen molar-refractivity contribution in [1.29, 1.82) is 0 Å². The fourth-order valence-corrected chi connectivity index (χ4v) is 2.52. The summed E-state index contributed by atoms with van der Waals surface area (Å²) in [7, 11) is 2.00. The van der Waals surface area contributed by atoms with Crippen LogP contribution in [-0.2, 0) is 7.05 Å². The van der Waals surface area contributed by atoms with Crippen molar-refractivity contribution in [2.75, 3.05) is 0 Å². The monoisotopic (exact) mass is 243 g/mol. The Kier molecular flexibility index (Phi) is 3.55. The lowest BCUT2D eigenvalue weighted by Crippen LogP contribution is -2.10. The number of hydrogen-bond donors (Lipinski definition) is 0. The zero-order chi connectivity index (χ0) is 13.3. The summed E-state index contributed by atoms with van der Waals surface area (Å²) >= 11 is 0. The molecule has 0 spiro atoms. The van der Waals surface area contributed by atoms with Gasteiger partial charge in [-0.25, -0.2) is 0 Å². The molecular weight excluding hydrogens is 222 g/mol. The first-order valence-electron chi connectivity index (χ1n) is 6.64. The number of carbonyl (C=O) groups is 1. The van der Waals surface area contributed by atoms with Gasteiger partial charge in [0, 0.05) is 35.6 Å². The van der Waals surface area contributed by atoms with Crippen LogP contribution in [0.25, 0.3) is 10.9 Å². The number of Topliss-reactive ketones (excluding diaryl/α,β-unsaturated/α-hetero) is 1. The zero-order valence-corrected chi connectivity index (χ0v) is 11.7. The Bertz CT molecular complexity index is 580. The topological polar surface area (TPSA) is 22.0 Å². The van der Waals surface area contributed by atoms with Gasteiger partial charge >= 0.3 is 0 Å². The van der Waals surface area contributed by atoms with Crippen molar-refractivity contribution in [2.45, 2.75) is 33.6 Å². The lowest BCUT2D eigenvalue weighted by molar-refractivity contribution is 0.0925. The third kappa shape index (κ3) is 2.20. The number of aryl methyl sites for hydroxylation is 2. The van der Waals surface area contributed by atoms with Gasteiger partial charge in [0.2, 0.25) is 0 Å². The molecule has 1 aromatic carbocycles. The molecule has 96 valence electrons. The number of benzene rings is 1. The number of carbonyl (C=O) groups excluding carboxylic acids is 1. The molecule has 2 aromatic rings. The summed E-state index contributed by atoms with van der Waals surface area (Å²) in [4.78, 5) is 12.4. The number of hydrogen-bond acceptors (Lipinski definition) is 1. The molecule has 0 N–H and O–H groups in total. The van der Waals surface area contributed by atoms with Gasteiger partial charge in [0.15, 0.2) is 5.78 Å². The van der Waals surface area contributed by atoms with Crippen molar-refractivity contribution in [3.63, 3.8) is 0 Å². The van der Waals surface area contributed by atoms with Crippen LogP contribution in [0.15, 0.2) is 24.4 Å². The summed E-state index contributed by atoms with van der Waals surface area (Å²) in [5, 5.41) is 1.08. The summed E-state index contributed by atoms with van der Waals surface area (Å²) < 4.78 is 2.05. The van der Waals surface area contributed by atoms with Crippen LogP contribution in [0.3, 0.4) is 0 Å². The average molecular weight is 243 g/mol. The predicted molar refractivity (Wildman–Crippen MR) is 76.1 cm³/mol. The van der Waals surface area contributed by atoms with Gasteiger partial charge in [0.1, 0.15) is 0 Å². The van der Waals surface area contributed by atoms with E-state index >= 15 is 0 Å². The maximum atomic E-state index is 12.4. The Hall–Kier alpha value is -1.57. The number of rotatable bonds is 4. The van der Waals surface area contributed by atoms with Crippen LogP contribution in [-0.4, -0.2) is 10.4 Å². The highest BCUT2D eigenvalue weighted by atomic mass is 16.1. The number of ketones is 1. The van der Waals surface area contributed by atoms with E-state index in [9.17, 15) is 4.79 Å². The molecule has 0 aliphatic carbocycles. The summed E-state index contributed by atoms with van der Waals surface area (Å²) in [6.45, 7) is 6.22. The van der Waals surface area contributed by atoms with E-state index in [1.54, 1.807) is 0 Å². The van der Waals surface area contributed by atoms with E-state index in [1.165, 1.54) is 5.56 Å². The molecule has 0 amide bonds. The molecule has 0 saturated carbocycles. The molecular formula is C16H21NO. The molecule has 0 fully saturated rings. The van der Waals surface area contributed by atoms with Crippen LogP contribution in [0.1, 0.15) is 42.6 Å². The minimum absolute atomic E-state index is 0.113. The van der Waals surface area contributed by atoms with Gasteiger partial charge in [0.25, 0.3) is 0 Å². The van der Waals surface area contributed by atoms with Crippen LogP contribution in [0.5, 0.6) is 0 Å². The average Bonchev–Trinajstić information content (AvgIpc) is 2.66. The van der Waals surface area contributed by atoms with Gasteiger partial charge in [0.05, 0.1) is 0 Å². The van der Waals surface area contributed by atoms with Gasteiger partial charge in [-0.2, -0.15) is 0 Å². The molecule has 0 aliphatic heterocycles. The minimum atomic E-state index is 0.113. The first kappa shape index (κ1) is 12.9. The Balaban J connectivity index is 2.49. The van der Waals surface area contributed by atoms with Gasteiger partial charge in [-0.15, -0.1) is 0 Å². The number of nitrogens with zero attached hydrogens (tertiary/aromatic N) is 1. The Morgan fingerprint density at radius 3 is 2.78 bits per heavy atom. The van der Waals surface area contributed by atoms with Crippen molar-refractivity contribution in [3.05, 3.63) is 35.5 Å². The molecule has 0 radical (unpaired) electrons. The number of aromatic nitrogens is 1. The molecule has 0 saturated heterocycles. The van der Waals surface area contributed by atoms with Crippen LogP contribution in [0, 0.1) is 12.8 Å². The van der Waals surface area contributed by atoms with E-state index in [0.717, 1.165) is 29.3 Å². The summed E-state index contributed by atoms with van der Waals surface area (Å²) in [5.74, 6) is 0.383. The smallest absolute Gasteiger partial charge is 0.167 e. The summed E-state index contributed by atoms with van der Waals surface area (Å²) in [5.41, 5.74) is 3.24. The standard InChI is InChI=1S/C16H21NO/c1-5-6-12(3)16(18)14-10-17(4)15-9-11(2)7-8-13(14)15/h7-10,12H,5-6H2,1-4H3. The normalized spacial score (nSPS) is 12.9. The third-order valence-corrected chi connectivity index (χ3v) is 3.58. The largest absolute Gasteiger partial charge is 0.350 e. The van der Waals surface area contributed by atoms with E-state index in [0.29, 0.717) is 0 Å². The minimum Gasteiger partial charge on any atom is -0.350 e. The number of fused-ring (bicyclic) bond motifs is 1. The van der Waals surface area contributed by atoms with Gasteiger partial charge in [-0.1, -0.05) is 32.4 Å². The molecule has 1 atom stereocenters. The fourth-order valence-electron chi connectivity index (χ4n) is 2.52. The third-order valence-electron chi connectivity index (χ3n) is 3.58. The summed E-state index contributed by atoms with van der Waals surface area (Å²) in [6.07, 6.45) is 3.98. The first-order chi connectivity index (χ1) is 8.54. The predicted octanol–water partition coefficient (Wildman–Crippen LogP) is 4.11. The van der Waals surface area contributed by atoms with E-state index in [-0.39, 0.29) is 11.7 Å². The zero-order valence-electron chi connectivity index (χ0n) is 11.7. The highest BCUT2D eigenvalue weighted by Crippen LogP contribution is 2.25. The second-order valence-electron chi connectivity index (χ2n) is 5.23.